The molecule has 0 radical (unpaired) electrons. The molecule has 1 atom stereocenters. The second kappa shape index (κ2) is 11.0. The van der Waals surface area contributed by atoms with Gasteiger partial charge in [-0.1, -0.05) is 66.7 Å². The van der Waals surface area contributed by atoms with E-state index in [0.29, 0.717) is 19.7 Å². The van der Waals surface area contributed by atoms with E-state index in [2.05, 4.69) is 53.7 Å². The third-order valence-corrected chi connectivity index (χ3v) is 8.15. The average Bonchev–Trinajstić information content (AvgIpc) is 3.27. The van der Waals surface area contributed by atoms with Crippen molar-refractivity contribution in [1.29, 1.82) is 0 Å². The zero-order valence-corrected chi connectivity index (χ0v) is 21.2. The third kappa shape index (κ3) is 5.40. The van der Waals surface area contributed by atoms with Crippen LogP contribution in [0.2, 0.25) is 0 Å². The van der Waals surface area contributed by atoms with Gasteiger partial charge in [0.2, 0.25) is 11.8 Å². The summed E-state index contributed by atoms with van der Waals surface area (Å²) in [6.07, 6.45) is 7.98. The largest absolute Gasteiger partial charge is 0.374 e. The van der Waals surface area contributed by atoms with Crippen molar-refractivity contribution in [2.45, 2.75) is 43.7 Å². The maximum Gasteiger partial charge on any atom is 0.247 e. The standard InChI is InChI=1S/C30H37N3O3/c1-32-17-12-25(13-18-32)28(34)31-27(22-36-21-23-7-3-2-4-8-23)29(35)33-19-15-30(16-20-33)14-11-24-9-5-6-10-26(24)30/h2-11,14,25,27H,12-13,15-22H2,1H3,(H,31,34)/t27-/m1/s1. The van der Waals surface area contributed by atoms with Crippen LogP contribution < -0.4 is 5.32 Å². The Balaban J connectivity index is 1.23. The molecule has 1 spiro atoms. The molecule has 190 valence electrons. The van der Waals surface area contributed by atoms with Crippen LogP contribution in [-0.2, 0) is 26.3 Å². The van der Waals surface area contributed by atoms with E-state index in [0.717, 1.165) is 44.3 Å². The molecule has 6 nitrogen and oxygen atoms in total. The molecular formula is C30H37N3O3. The highest BCUT2D eigenvalue weighted by Gasteiger charge is 2.40. The number of carbonyl (C=O) groups excluding carboxylic acids is 2. The number of allylic oxidation sites excluding steroid dienone is 1. The molecular weight excluding hydrogens is 450 g/mol. The van der Waals surface area contributed by atoms with Gasteiger partial charge in [0.25, 0.3) is 0 Å². The molecule has 1 N–H and O–H groups in total. The summed E-state index contributed by atoms with van der Waals surface area (Å²) < 4.78 is 5.96. The highest BCUT2D eigenvalue weighted by atomic mass is 16.5. The number of rotatable bonds is 7. The van der Waals surface area contributed by atoms with Crippen molar-refractivity contribution in [3.05, 3.63) is 77.4 Å². The lowest BCUT2D eigenvalue weighted by atomic mass is 9.74. The minimum atomic E-state index is -0.665. The smallest absolute Gasteiger partial charge is 0.247 e. The summed E-state index contributed by atoms with van der Waals surface area (Å²) in [4.78, 5) is 30.9. The molecule has 2 aromatic rings. The lowest BCUT2D eigenvalue weighted by Gasteiger charge is -2.40. The van der Waals surface area contributed by atoms with Crippen molar-refractivity contribution in [3.63, 3.8) is 0 Å². The van der Waals surface area contributed by atoms with Gasteiger partial charge in [-0.2, -0.15) is 0 Å². The third-order valence-electron chi connectivity index (χ3n) is 8.15. The SMILES string of the molecule is CN1CCC(C(=O)N[C@H](COCc2ccccc2)C(=O)N2CCC3(C=Cc4ccccc43)CC2)CC1. The summed E-state index contributed by atoms with van der Waals surface area (Å²) in [5.74, 6) is -0.101. The van der Waals surface area contributed by atoms with Crippen LogP contribution in [0.5, 0.6) is 0 Å². The van der Waals surface area contributed by atoms with E-state index in [1.165, 1.54) is 11.1 Å². The van der Waals surface area contributed by atoms with Crippen molar-refractivity contribution < 1.29 is 14.3 Å². The topological polar surface area (TPSA) is 61.9 Å². The number of fused-ring (bicyclic) bond motifs is 2. The highest BCUT2D eigenvalue weighted by Crippen LogP contribution is 2.43. The number of hydrogen-bond donors (Lipinski definition) is 1. The summed E-state index contributed by atoms with van der Waals surface area (Å²) in [7, 11) is 2.08. The molecule has 2 saturated heterocycles. The van der Waals surface area contributed by atoms with Gasteiger partial charge in [0.1, 0.15) is 6.04 Å². The molecule has 5 rings (SSSR count). The summed E-state index contributed by atoms with van der Waals surface area (Å²) in [6.45, 7) is 3.76. The normalized spacial score (nSPS) is 20.3. The van der Waals surface area contributed by atoms with Crippen LogP contribution in [0.25, 0.3) is 6.08 Å². The Hall–Kier alpha value is -2.96. The number of benzene rings is 2. The van der Waals surface area contributed by atoms with Crippen LogP contribution in [0, 0.1) is 5.92 Å². The van der Waals surface area contributed by atoms with E-state index in [1.807, 2.05) is 35.2 Å². The summed E-state index contributed by atoms with van der Waals surface area (Å²) in [6, 6.07) is 17.8. The second-order valence-electron chi connectivity index (χ2n) is 10.5. The van der Waals surface area contributed by atoms with E-state index < -0.39 is 6.04 Å². The Kier molecular flexibility index (Phi) is 7.54. The first-order valence-corrected chi connectivity index (χ1v) is 13.2. The van der Waals surface area contributed by atoms with E-state index in [4.69, 9.17) is 4.74 Å². The predicted octanol–water partition coefficient (Wildman–Crippen LogP) is 3.62. The minimum absolute atomic E-state index is 0.0179. The number of nitrogens with one attached hydrogen (secondary N) is 1. The molecule has 0 bridgehead atoms. The molecule has 36 heavy (non-hydrogen) atoms. The number of ether oxygens (including phenoxy) is 1. The van der Waals surface area contributed by atoms with Crippen molar-refractivity contribution in [1.82, 2.24) is 15.1 Å². The molecule has 2 aromatic carbocycles. The molecule has 2 amide bonds. The van der Waals surface area contributed by atoms with Crippen LogP contribution >= 0.6 is 0 Å². The van der Waals surface area contributed by atoms with Gasteiger partial charge in [-0.25, -0.2) is 0 Å². The van der Waals surface area contributed by atoms with Crippen molar-refractivity contribution in [2.75, 3.05) is 39.8 Å². The van der Waals surface area contributed by atoms with Gasteiger partial charge in [0.15, 0.2) is 0 Å². The average molecular weight is 488 g/mol. The fraction of sp³-hybridized carbons (Fsp3) is 0.467. The van der Waals surface area contributed by atoms with Crippen molar-refractivity contribution >= 4 is 17.9 Å². The zero-order chi connectivity index (χ0) is 25.0. The fourth-order valence-corrected chi connectivity index (χ4v) is 5.82. The first-order chi connectivity index (χ1) is 17.5. The molecule has 0 aromatic heterocycles. The van der Waals surface area contributed by atoms with Gasteiger partial charge in [-0.3, -0.25) is 9.59 Å². The molecule has 0 unspecified atom stereocenters. The predicted molar refractivity (Wildman–Crippen MR) is 141 cm³/mol. The van der Waals surface area contributed by atoms with Gasteiger partial charge >= 0.3 is 0 Å². The maximum absolute atomic E-state index is 13.7. The molecule has 2 fully saturated rings. The first kappa shape index (κ1) is 24.7. The van der Waals surface area contributed by atoms with E-state index in [-0.39, 0.29) is 29.8 Å². The Morgan fingerprint density at radius 1 is 1.00 bits per heavy atom. The van der Waals surface area contributed by atoms with Crippen LogP contribution in [0.3, 0.4) is 0 Å². The van der Waals surface area contributed by atoms with Crippen LogP contribution in [-0.4, -0.2) is 67.5 Å². The van der Waals surface area contributed by atoms with Crippen molar-refractivity contribution in [3.8, 4) is 0 Å². The number of likely N-dealkylation sites (tertiary alicyclic amines) is 2. The van der Waals surface area contributed by atoms with Gasteiger partial charge in [-0.05, 0) is 62.5 Å². The minimum Gasteiger partial charge on any atom is -0.374 e. The van der Waals surface area contributed by atoms with Crippen LogP contribution in [0.15, 0.2) is 60.7 Å². The van der Waals surface area contributed by atoms with E-state index in [9.17, 15) is 9.59 Å². The number of piperidine rings is 2. The lowest BCUT2D eigenvalue weighted by molar-refractivity contribution is -0.140. The molecule has 2 aliphatic heterocycles. The van der Waals surface area contributed by atoms with E-state index in [1.54, 1.807) is 0 Å². The summed E-state index contributed by atoms with van der Waals surface area (Å²) in [5, 5.41) is 3.07. The summed E-state index contributed by atoms with van der Waals surface area (Å²) in [5.41, 5.74) is 3.73. The van der Waals surface area contributed by atoms with Gasteiger partial charge in [0, 0.05) is 24.4 Å². The van der Waals surface area contributed by atoms with E-state index >= 15 is 0 Å². The summed E-state index contributed by atoms with van der Waals surface area (Å²) >= 11 is 0. The quantitative estimate of drug-likeness (QED) is 0.648. The molecule has 6 heteroatoms. The maximum atomic E-state index is 13.7. The fourth-order valence-electron chi connectivity index (χ4n) is 5.82. The van der Waals surface area contributed by atoms with Crippen LogP contribution in [0.4, 0.5) is 0 Å². The van der Waals surface area contributed by atoms with Gasteiger partial charge in [0.05, 0.1) is 13.2 Å². The lowest BCUT2D eigenvalue weighted by Crippen LogP contribution is -2.55. The van der Waals surface area contributed by atoms with Crippen LogP contribution in [0.1, 0.15) is 42.4 Å². The second-order valence-corrected chi connectivity index (χ2v) is 10.5. The Morgan fingerprint density at radius 3 is 2.44 bits per heavy atom. The first-order valence-electron chi connectivity index (χ1n) is 13.2. The monoisotopic (exact) mass is 487 g/mol. The number of hydrogen-bond acceptors (Lipinski definition) is 4. The molecule has 1 aliphatic carbocycles. The number of amides is 2. The van der Waals surface area contributed by atoms with Gasteiger partial charge < -0.3 is 19.9 Å². The Labute approximate surface area is 214 Å². The molecule has 0 saturated carbocycles. The number of nitrogens with zero attached hydrogens (tertiary/aromatic N) is 2. The highest BCUT2D eigenvalue weighted by molar-refractivity contribution is 5.89. The van der Waals surface area contributed by atoms with Gasteiger partial charge in [-0.15, -0.1) is 0 Å². The Bertz CT molecular complexity index is 1080. The molecule has 2 heterocycles. The molecule has 3 aliphatic rings. The zero-order valence-electron chi connectivity index (χ0n) is 21.2. The van der Waals surface area contributed by atoms with Crippen molar-refractivity contribution in [2.24, 2.45) is 5.92 Å². The Morgan fingerprint density at radius 2 is 1.69 bits per heavy atom. The number of carbonyl (C=O) groups is 2.